The molecule has 2 rings (SSSR count). The van der Waals surface area contributed by atoms with E-state index in [0.29, 0.717) is 5.69 Å². The van der Waals surface area contributed by atoms with Crippen molar-refractivity contribution in [1.29, 1.82) is 0 Å². The molecular weight excluding hydrogens is 248 g/mol. The zero-order chi connectivity index (χ0) is 13.8. The third kappa shape index (κ3) is 3.22. The van der Waals surface area contributed by atoms with Crippen LogP contribution in [0.3, 0.4) is 0 Å². The molecule has 0 aliphatic heterocycles. The minimum Gasteiger partial charge on any atom is -0.496 e. The number of anilines is 1. The largest absolute Gasteiger partial charge is 0.496 e. The maximum absolute atomic E-state index is 13.1. The molecule has 2 nitrogen and oxygen atoms in total. The van der Waals surface area contributed by atoms with Crippen molar-refractivity contribution >= 4 is 5.69 Å². The van der Waals surface area contributed by atoms with Gasteiger partial charge in [0.2, 0.25) is 0 Å². The van der Waals surface area contributed by atoms with Crippen molar-refractivity contribution in [3.05, 3.63) is 59.7 Å². The second-order valence-electron chi connectivity index (χ2n) is 4.27. The fourth-order valence-electron chi connectivity index (χ4n) is 1.99. The van der Waals surface area contributed by atoms with Gasteiger partial charge in [-0.2, -0.15) is 0 Å². The standard InChI is InChI=1S/C15H15F2NO/c1-10(14-5-3-4-6-15(14)19-2)18-13-8-11(16)7-12(17)9-13/h3-10,18H,1-2H3. The Kier molecular flexibility index (Phi) is 4.00. The minimum atomic E-state index is -0.602. The molecule has 0 aliphatic rings. The highest BCUT2D eigenvalue weighted by Gasteiger charge is 2.11. The number of benzene rings is 2. The first-order valence-corrected chi connectivity index (χ1v) is 5.95. The summed E-state index contributed by atoms with van der Waals surface area (Å²) in [4.78, 5) is 0. The highest BCUT2D eigenvalue weighted by molar-refractivity contribution is 5.48. The molecule has 0 heterocycles. The summed E-state index contributed by atoms with van der Waals surface area (Å²) >= 11 is 0. The molecule has 1 N–H and O–H groups in total. The summed E-state index contributed by atoms with van der Waals surface area (Å²) in [6, 6.07) is 10.8. The van der Waals surface area contributed by atoms with Crippen LogP contribution in [0.25, 0.3) is 0 Å². The highest BCUT2D eigenvalue weighted by atomic mass is 19.1. The molecule has 0 aliphatic carbocycles. The second kappa shape index (κ2) is 5.69. The molecule has 19 heavy (non-hydrogen) atoms. The van der Waals surface area contributed by atoms with Gasteiger partial charge in [0.15, 0.2) is 0 Å². The van der Waals surface area contributed by atoms with E-state index in [4.69, 9.17) is 4.74 Å². The van der Waals surface area contributed by atoms with Crippen LogP contribution in [0.2, 0.25) is 0 Å². The normalized spacial score (nSPS) is 12.0. The first kappa shape index (κ1) is 13.3. The van der Waals surface area contributed by atoms with E-state index >= 15 is 0 Å². The van der Waals surface area contributed by atoms with Gasteiger partial charge in [0.1, 0.15) is 17.4 Å². The molecule has 0 amide bonds. The van der Waals surface area contributed by atoms with Gasteiger partial charge >= 0.3 is 0 Å². The van der Waals surface area contributed by atoms with Crippen molar-refractivity contribution in [2.75, 3.05) is 12.4 Å². The van der Waals surface area contributed by atoms with Crippen molar-refractivity contribution in [1.82, 2.24) is 0 Å². The Morgan fingerprint density at radius 2 is 1.68 bits per heavy atom. The van der Waals surface area contributed by atoms with E-state index in [2.05, 4.69) is 5.32 Å². The Labute approximate surface area is 111 Å². The molecule has 0 spiro atoms. The number of hydrogen-bond donors (Lipinski definition) is 1. The van der Waals surface area contributed by atoms with Gasteiger partial charge in [0.05, 0.1) is 13.2 Å². The number of para-hydroxylation sites is 1. The Morgan fingerprint density at radius 3 is 2.32 bits per heavy atom. The number of hydrogen-bond acceptors (Lipinski definition) is 2. The first-order chi connectivity index (χ1) is 9.10. The van der Waals surface area contributed by atoms with Crippen LogP contribution in [0.5, 0.6) is 5.75 Å². The Hall–Kier alpha value is -2.10. The summed E-state index contributed by atoms with van der Waals surface area (Å²) < 4.78 is 31.5. The zero-order valence-electron chi connectivity index (χ0n) is 10.8. The molecule has 0 saturated heterocycles. The lowest BCUT2D eigenvalue weighted by atomic mass is 10.1. The summed E-state index contributed by atoms with van der Waals surface area (Å²) in [6.45, 7) is 1.90. The predicted octanol–water partition coefficient (Wildman–Crippen LogP) is 4.15. The van der Waals surface area contributed by atoms with Gasteiger partial charge in [-0.05, 0) is 25.1 Å². The number of rotatable bonds is 4. The van der Waals surface area contributed by atoms with E-state index in [0.717, 1.165) is 17.4 Å². The maximum atomic E-state index is 13.1. The van der Waals surface area contributed by atoms with Gasteiger partial charge in [-0.15, -0.1) is 0 Å². The van der Waals surface area contributed by atoms with Crippen molar-refractivity contribution in [2.45, 2.75) is 13.0 Å². The van der Waals surface area contributed by atoms with E-state index < -0.39 is 11.6 Å². The van der Waals surface area contributed by atoms with E-state index in [9.17, 15) is 8.78 Å². The fourth-order valence-corrected chi connectivity index (χ4v) is 1.99. The van der Waals surface area contributed by atoms with Gasteiger partial charge in [-0.3, -0.25) is 0 Å². The predicted molar refractivity (Wildman–Crippen MR) is 71.4 cm³/mol. The zero-order valence-corrected chi connectivity index (χ0v) is 10.8. The molecule has 4 heteroatoms. The highest BCUT2D eigenvalue weighted by Crippen LogP contribution is 2.27. The smallest absolute Gasteiger partial charge is 0.128 e. The van der Waals surface area contributed by atoms with Crippen molar-refractivity contribution in [3.8, 4) is 5.75 Å². The molecule has 2 aromatic rings. The Balaban J connectivity index is 2.22. The topological polar surface area (TPSA) is 21.3 Å². The third-order valence-corrected chi connectivity index (χ3v) is 2.85. The van der Waals surface area contributed by atoms with Crippen LogP contribution in [0.1, 0.15) is 18.5 Å². The molecule has 0 saturated carbocycles. The van der Waals surface area contributed by atoms with Crippen molar-refractivity contribution in [2.24, 2.45) is 0 Å². The van der Waals surface area contributed by atoms with Gasteiger partial charge in [0.25, 0.3) is 0 Å². The summed E-state index contributed by atoms with van der Waals surface area (Å²) in [5.41, 5.74) is 1.32. The van der Waals surface area contributed by atoms with E-state index in [1.54, 1.807) is 7.11 Å². The molecule has 1 unspecified atom stereocenters. The first-order valence-electron chi connectivity index (χ1n) is 5.95. The lowest BCUT2D eigenvalue weighted by molar-refractivity contribution is 0.408. The molecule has 0 radical (unpaired) electrons. The molecule has 1 atom stereocenters. The van der Waals surface area contributed by atoms with Gasteiger partial charge in [-0.1, -0.05) is 18.2 Å². The lowest BCUT2D eigenvalue weighted by Gasteiger charge is -2.18. The molecule has 0 fully saturated rings. The second-order valence-corrected chi connectivity index (χ2v) is 4.27. The van der Waals surface area contributed by atoms with Gasteiger partial charge in [-0.25, -0.2) is 8.78 Å². The van der Waals surface area contributed by atoms with Crippen LogP contribution in [-0.4, -0.2) is 7.11 Å². The molecular formula is C15H15F2NO. The molecule has 0 bridgehead atoms. The van der Waals surface area contributed by atoms with Crippen LogP contribution < -0.4 is 10.1 Å². The van der Waals surface area contributed by atoms with Gasteiger partial charge < -0.3 is 10.1 Å². The molecule has 100 valence electrons. The number of nitrogens with one attached hydrogen (secondary N) is 1. The number of halogens is 2. The molecule has 2 aromatic carbocycles. The monoisotopic (exact) mass is 263 g/mol. The maximum Gasteiger partial charge on any atom is 0.128 e. The average Bonchev–Trinajstić information content (AvgIpc) is 2.37. The summed E-state index contributed by atoms with van der Waals surface area (Å²) in [5, 5.41) is 3.05. The van der Waals surface area contributed by atoms with Crippen molar-refractivity contribution in [3.63, 3.8) is 0 Å². The summed E-state index contributed by atoms with van der Waals surface area (Å²) in [6.07, 6.45) is 0. The Morgan fingerprint density at radius 1 is 1.05 bits per heavy atom. The van der Waals surface area contributed by atoms with Crippen LogP contribution in [-0.2, 0) is 0 Å². The van der Waals surface area contributed by atoms with Crippen LogP contribution >= 0.6 is 0 Å². The van der Waals surface area contributed by atoms with Crippen LogP contribution in [0, 0.1) is 11.6 Å². The van der Waals surface area contributed by atoms with E-state index in [1.807, 2.05) is 31.2 Å². The number of methoxy groups -OCH3 is 1. The van der Waals surface area contributed by atoms with Crippen LogP contribution in [0.15, 0.2) is 42.5 Å². The van der Waals surface area contributed by atoms with Crippen LogP contribution in [0.4, 0.5) is 14.5 Å². The van der Waals surface area contributed by atoms with E-state index in [1.165, 1.54) is 12.1 Å². The van der Waals surface area contributed by atoms with Gasteiger partial charge in [0, 0.05) is 17.3 Å². The summed E-state index contributed by atoms with van der Waals surface area (Å²) in [5.74, 6) is -0.469. The quantitative estimate of drug-likeness (QED) is 0.894. The fraction of sp³-hybridized carbons (Fsp3) is 0.200. The molecule has 0 aromatic heterocycles. The van der Waals surface area contributed by atoms with E-state index in [-0.39, 0.29) is 6.04 Å². The minimum absolute atomic E-state index is 0.127. The van der Waals surface area contributed by atoms with Crippen molar-refractivity contribution < 1.29 is 13.5 Å². The Bertz CT molecular complexity index is 552. The number of ether oxygens (including phenoxy) is 1. The average molecular weight is 263 g/mol. The lowest BCUT2D eigenvalue weighted by Crippen LogP contribution is -2.08. The SMILES string of the molecule is COc1ccccc1C(C)Nc1cc(F)cc(F)c1. The third-order valence-electron chi connectivity index (χ3n) is 2.85. The summed E-state index contributed by atoms with van der Waals surface area (Å²) in [7, 11) is 1.59.